The van der Waals surface area contributed by atoms with Crippen molar-refractivity contribution in [1.82, 2.24) is 20.3 Å². The van der Waals surface area contributed by atoms with Crippen molar-refractivity contribution in [3.8, 4) is 22.9 Å². The van der Waals surface area contributed by atoms with Gasteiger partial charge in [0.2, 0.25) is 0 Å². The monoisotopic (exact) mass is 386 g/mol. The zero-order chi connectivity index (χ0) is 18.6. The minimum Gasteiger partial charge on any atom is -0.494 e. The van der Waals surface area contributed by atoms with E-state index in [2.05, 4.69) is 20.3 Å². The first kappa shape index (κ1) is 18.1. The number of ether oxygens (including phenoxy) is 2. The molecule has 1 aromatic carbocycles. The second-order valence-corrected chi connectivity index (χ2v) is 7.14. The Hall–Kier alpha value is -2.31. The first-order valence-corrected chi connectivity index (χ1v) is 9.67. The summed E-state index contributed by atoms with van der Waals surface area (Å²) in [5.74, 6) is 2.14. The fourth-order valence-corrected chi connectivity index (χ4v) is 3.67. The Morgan fingerprint density at radius 2 is 2.07 bits per heavy atom. The van der Waals surface area contributed by atoms with Crippen LogP contribution in [-0.4, -0.2) is 41.3 Å². The van der Waals surface area contributed by atoms with Crippen LogP contribution in [0.3, 0.4) is 0 Å². The van der Waals surface area contributed by atoms with E-state index >= 15 is 0 Å². The van der Waals surface area contributed by atoms with Gasteiger partial charge in [-0.3, -0.25) is 0 Å². The first-order valence-electron chi connectivity index (χ1n) is 9.29. The summed E-state index contributed by atoms with van der Waals surface area (Å²) in [4.78, 5) is 12.0. The molecule has 7 heteroatoms. The lowest BCUT2D eigenvalue weighted by Crippen LogP contribution is -2.35. The quantitative estimate of drug-likeness (QED) is 0.664. The van der Waals surface area contributed by atoms with Crippen LogP contribution in [0.1, 0.15) is 25.7 Å². The molecular weight excluding hydrogens is 364 g/mol. The number of nitrogens with zero attached hydrogens (tertiary/aromatic N) is 2. The third-order valence-corrected chi connectivity index (χ3v) is 5.18. The van der Waals surface area contributed by atoms with Gasteiger partial charge in [0.1, 0.15) is 22.1 Å². The normalized spacial score (nSPS) is 17.2. The topological polar surface area (TPSA) is 72.1 Å². The van der Waals surface area contributed by atoms with E-state index in [0.717, 1.165) is 36.7 Å². The maximum Gasteiger partial charge on any atom is 0.182 e. The van der Waals surface area contributed by atoms with E-state index in [-0.39, 0.29) is 0 Å². The van der Waals surface area contributed by atoms with Gasteiger partial charge >= 0.3 is 0 Å². The Balaban J connectivity index is 1.43. The van der Waals surface area contributed by atoms with Gasteiger partial charge < -0.3 is 19.8 Å². The van der Waals surface area contributed by atoms with Gasteiger partial charge in [-0.25, -0.2) is 9.97 Å². The number of rotatable bonds is 6. The van der Waals surface area contributed by atoms with Gasteiger partial charge in [-0.05, 0) is 50.1 Å². The minimum atomic E-state index is 0.455. The number of hydrogen-bond donors (Lipinski definition) is 2. The van der Waals surface area contributed by atoms with E-state index in [1.807, 2.05) is 24.3 Å². The van der Waals surface area contributed by atoms with E-state index < -0.39 is 0 Å². The van der Waals surface area contributed by atoms with Crippen LogP contribution >= 0.6 is 11.6 Å². The number of nitrogens with one attached hydrogen (secondary N) is 2. The standard InChI is InChI=1S/C20H23ClN4O2/c1-26-18-16(21)12-23-20-17(18)24-19(25-20)13-5-7-15(8-6-13)27-11-9-14-4-2-3-10-22-14/h5-8,12,14,22H,2-4,9-11H2,1H3,(H,23,24,25). The molecule has 6 nitrogen and oxygen atoms in total. The van der Waals surface area contributed by atoms with Crippen LogP contribution in [0.15, 0.2) is 30.5 Å². The predicted octanol–water partition coefficient (Wildman–Crippen LogP) is 4.20. The van der Waals surface area contributed by atoms with Crippen molar-refractivity contribution in [3.05, 3.63) is 35.5 Å². The highest BCUT2D eigenvalue weighted by Crippen LogP contribution is 2.32. The molecule has 4 rings (SSSR count). The van der Waals surface area contributed by atoms with Crippen molar-refractivity contribution >= 4 is 22.8 Å². The van der Waals surface area contributed by atoms with Crippen LogP contribution in [0.2, 0.25) is 5.02 Å². The van der Waals surface area contributed by atoms with Crippen molar-refractivity contribution in [1.29, 1.82) is 0 Å². The Kier molecular flexibility index (Phi) is 5.45. The van der Waals surface area contributed by atoms with E-state index in [1.54, 1.807) is 13.3 Å². The molecule has 0 radical (unpaired) electrons. The lowest BCUT2D eigenvalue weighted by Gasteiger charge is -2.23. The third-order valence-electron chi connectivity index (χ3n) is 4.91. The van der Waals surface area contributed by atoms with Crippen LogP contribution in [0.25, 0.3) is 22.6 Å². The molecule has 2 N–H and O–H groups in total. The predicted molar refractivity (Wildman–Crippen MR) is 107 cm³/mol. The van der Waals surface area contributed by atoms with Crippen molar-refractivity contribution in [3.63, 3.8) is 0 Å². The molecule has 142 valence electrons. The summed E-state index contributed by atoms with van der Waals surface area (Å²) >= 11 is 6.13. The number of aromatic nitrogens is 3. The Morgan fingerprint density at radius 1 is 1.22 bits per heavy atom. The summed E-state index contributed by atoms with van der Waals surface area (Å²) < 4.78 is 11.2. The lowest BCUT2D eigenvalue weighted by molar-refractivity contribution is 0.268. The molecule has 1 saturated heterocycles. The van der Waals surface area contributed by atoms with E-state index in [9.17, 15) is 0 Å². The average molecular weight is 387 g/mol. The molecule has 0 aliphatic carbocycles. The molecule has 1 fully saturated rings. The second-order valence-electron chi connectivity index (χ2n) is 6.73. The Bertz CT molecular complexity index is 904. The van der Waals surface area contributed by atoms with Crippen molar-refractivity contribution in [2.24, 2.45) is 0 Å². The highest BCUT2D eigenvalue weighted by Gasteiger charge is 2.14. The van der Waals surface area contributed by atoms with Gasteiger partial charge in [0.25, 0.3) is 0 Å². The van der Waals surface area contributed by atoms with E-state index in [0.29, 0.717) is 28.0 Å². The second kappa shape index (κ2) is 8.15. The number of aromatic amines is 1. The van der Waals surface area contributed by atoms with Gasteiger partial charge in [0, 0.05) is 11.6 Å². The number of pyridine rings is 1. The summed E-state index contributed by atoms with van der Waals surface area (Å²) in [5, 5.41) is 4.00. The van der Waals surface area contributed by atoms with Crippen LogP contribution in [0.4, 0.5) is 0 Å². The van der Waals surface area contributed by atoms with Crippen LogP contribution in [0.5, 0.6) is 11.5 Å². The molecule has 2 aromatic heterocycles. The maximum atomic E-state index is 6.13. The van der Waals surface area contributed by atoms with Gasteiger partial charge in [-0.2, -0.15) is 0 Å². The fraction of sp³-hybridized carbons (Fsp3) is 0.400. The maximum absolute atomic E-state index is 6.13. The molecule has 3 aromatic rings. The van der Waals surface area contributed by atoms with Gasteiger partial charge in [-0.1, -0.05) is 18.0 Å². The number of hydrogen-bond acceptors (Lipinski definition) is 5. The summed E-state index contributed by atoms with van der Waals surface area (Å²) in [5.41, 5.74) is 2.22. The number of methoxy groups -OCH3 is 1. The largest absolute Gasteiger partial charge is 0.494 e. The van der Waals surface area contributed by atoms with E-state index in [1.165, 1.54) is 19.3 Å². The molecule has 1 atom stereocenters. The molecule has 1 aliphatic rings. The number of fused-ring (bicyclic) bond motifs is 1. The zero-order valence-corrected chi connectivity index (χ0v) is 16.1. The number of imidazole rings is 1. The number of piperidine rings is 1. The highest BCUT2D eigenvalue weighted by atomic mass is 35.5. The Labute approximate surface area is 163 Å². The molecule has 27 heavy (non-hydrogen) atoms. The molecule has 0 amide bonds. The summed E-state index contributed by atoms with van der Waals surface area (Å²) in [6, 6.07) is 8.49. The number of benzene rings is 1. The van der Waals surface area contributed by atoms with Gasteiger partial charge in [0.05, 0.1) is 19.9 Å². The van der Waals surface area contributed by atoms with Crippen molar-refractivity contribution < 1.29 is 9.47 Å². The minimum absolute atomic E-state index is 0.455. The molecule has 3 heterocycles. The fourth-order valence-electron chi connectivity index (χ4n) is 3.45. The summed E-state index contributed by atoms with van der Waals surface area (Å²) in [6.07, 6.45) is 6.43. The smallest absolute Gasteiger partial charge is 0.182 e. The highest BCUT2D eigenvalue weighted by molar-refractivity contribution is 6.32. The SMILES string of the molecule is COc1c(Cl)cnc2nc(-c3ccc(OCCC4CCCCN4)cc3)[nH]c12. The lowest BCUT2D eigenvalue weighted by atomic mass is 10.0. The van der Waals surface area contributed by atoms with Gasteiger partial charge in [-0.15, -0.1) is 0 Å². The van der Waals surface area contributed by atoms with Crippen LogP contribution in [0, 0.1) is 0 Å². The molecule has 0 spiro atoms. The molecule has 1 unspecified atom stereocenters. The summed E-state index contributed by atoms with van der Waals surface area (Å²) in [7, 11) is 1.58. The zero-order valence-electron chi connectivity index (χ0n) is 15.3. The average Bonchev–Trinajstić information content (AvgIpc) is 3.13. The Morgan fingerprint density at radius 3 is 2.81 bits per heavy atom. The van der Waals surface area contributed by atoms with Crippen LogP contribution < -0.4 is 14.8 Å². The molecular formula is C20H23ClN4O2. The van der Waals surface area contributed by atoms with Crippen molar-refractivity contribution in [2.75, 3.05) is 20.3 Å². The van der Waals surface area contributed by atoms with Crippen molar-refractivity contribution in [2.45, 2.75) is 31.7 Å². The summed E-state index contributed by atoms with van der Waals surface area (Å²) in [6.45, 7) is 1.85. The first-order chi connectivity index (χ1) is 13.2. The number of H-pyrrole nitrogens is 1. The molecule has 1 aliphatic heterocycles. The molecule has 0 saturated carbocycles. The van der Waals surface area contributed by atoms with E-state index in [4.69, 9.17) is 21.1 Å². The molecule has 0 bridgehead atoms. The third kappa shape index (κ3) is 4.01. The van der Waals surface area contributed by atoms with Gasteiger partial charge in [0.15, 0.2) is 11.4 Å². The number of halogens is 1. The van der Waals surface area contributed by atoms with Crippen LogP contribution in [-0.2, 0) is 0 Å².